The molecule has 0 saturated carbocycles. The first-order valence-electron chi connectivity index (χ1n) is 7.45. The van der Waals surface area contributed by atoms with E-state index in [4.69, 9.17) is 9.47 Å². The molecule has 0 atom stereocenters. The van der Waals surface area contributed by atoms with Crippen LogP contribution in [0.4, 0.5) is 0 Å². The molecule has 0 aromatic heterocycles. The maximum absolute atomic E-state index is 12.0. The number of fused-ring (bicyclic) bond motifs is 1. The third-order valence-electron chi connectivity index (χ3n) is 3.40. The van der Waals surface area contributed by atoms with Crippen LogP contribution in [0.2, 0.25) is 0 Å². The number of hydrazine groups is 1. The molecule has 0 radical (unpaired) electrons. The average Bonchev–Trinajstić information content (AvgIpc) is 3.12. The summed E-state index contributed by atoms with van der Waals surface area (Å²) in [6.45, 7) is -0.159. The van der Waals surface area contributed by atoms with Crippen LogP contribution in [0, 0.1) is 0 Å². The van der Waals surface area contributed by atoms with Gasteiger partial charge in [0.25, 0.3) is 17.7 Å². The van der Waals surface area contributed by atoms with E-state index in [-0.39, 0.29) is 19.2 Å². The first kappa shape index (κ1) is 16.3. The zero-order valence-corrected chi connectivity index (χ0v) is 13.1. The molecular formula is C17H15N3O5. The van der Waals surface area contributed by atoms with Crippen molar-refractivity contribution in [2.75, 3.05) is 13.3 Å². The van der Waals surface area contributed by atoms with Crippen LogP contribution in [-0.4, -0.2) is 31.1 Å². The first-order chi connectivity index (χ1) is 12.1. The van der Waals surface area contributed by atoms with Crippen LogP contribution in [0.3, 0.4) is 0 Å². The lowest BCUT2D eigenvalue weighted by Crippen LogP contribution is -2.46. The summed E-state index contributed by atoms with van der Waals surface area (Å²) in [6, 6.07) is 13.2. The molecule has 0 unspecified atom stereocenters. The summed E-state index contributed by atoms with van der Waals surface area (Å²) in [6.07, 6.45) is 0. The van der Waals surface area contributed by atoms with Gasteiger partial charge < -0.3 is 14.8 Å². The van der Waals surface area contributed by atoms with Crippen molar-refractivity contribution in [2.24, 2.45) is 0 Å². The lowest BCUT2D eigenvalue weighted by Gasteiger charge is -2.09. The van der Waals surface area contributed by atoms with Gasteiger partial charge in [-0.05, 0) is 30.3 Å². The van der Waals surface area contributed by atoms with Crippen molar-refractivity contribution in [3.8, 4) is 11.5 Å². The van der Waals surface area contributed by atoms with Gasteiger partial charge in [-0.15, -0.1) is 0 Å². The SMILES string of the molecule is O=C(CNC(=O)c1ccccc1)NNC(=O)c1ccc2c(c1)OCO2. The molecule has 3 amide bonds. The molecule has 0 saturated heterocycles. The lowest BCUT2D eigenvalue weighted by molar-refractivity contribution is -0.120. The number of hydrogen-bond acceptors (Lipinski definition) is 5. The highest BCUT2D eigenvalue weighted by atomic mass is 16.7. The molecule has 0 bridgehead atoms. The van der Waals surface area contributed by atoms with Crippen molar-refractivity contribution in [2.45, 2.75) is 0 Å². The Bertz CT molecular complexity index is 807. The van der Waals surface area contributed by atoms with Gasteiger partial charge in [0, 0.05) is 11.1 Å². The fourth-order valence-corrected chi connectivity index (χ4v) is 2.13. The average molecular weight is 341 g/mol. The molecule has 8 nitrogen and oxygen atoms in total. The molecule has 0 fully saturated rings. The Kier molecular flexibility index (Phi) is 4.79. The van der Waals surface area contributed by atoms with Gasteiger partial charge in [0.1, 0.15) is 0 Å². The van der Waals surface area contributed by atoms with E-state index in [0.717, 1.165) is 0 Å². The smallest absolute Gasteiger partial charge is 0.269 e. The van der Waals surface area contributed by atoms with Crippen LogP contribution in [0.1, 0.15) is 20.7 Å². The maximum Gasteiger partial charge on any atom is 0.269 e. The molecule has 3 N–H and O–H groups in total. The summed E-state index contributed by atoms with van der Waals surface area (Å²) in [5.41, 5.74) is 5.25. The highest BCUT2D eigenvalue weighted by molar-refractivity contribution is 5.98. The molecule has 1 heterocycles. The van der Waals surface area contributed by atoms with E-state index < -0.39 is 11.8 Å². The van der Waals surface area contributed by atoms with Crippen LogP contribution in [0.5, 0.6) is 11.5 Å². The highest BCUT2D eigenvalue weighted by Gasteiger charge is 2.16. The van der Waals surface area contributed by atoms with Crippen LogP contribution in [-0.2, 0) is 4.79 Å². The van der Waals surface area contributed by atoms with Crippen molar-refractivity contribution >= 4 is 17.7 Å². The predicted molar refractivity (Wildman–Crippen MR) is 86.9 cm³/mol. The number of amides is 3. The second kappa shape index (κ2) is 7.35. The van der Waals surface area contributed by atoms with E-state index in [2.05, 4.69) is 16.2 Å². The van der Waals surface area contributed by atoms with Crippen molar-refractivity contribution in [3.05, 3.63) is 59.7 Å². The minimum atomic E-state index is -0.557. The zero-order chi connectivity index (χ0) is 17.6. The molecule has 2 aromatic carbocycles. The van der Waals surface area contributed by atoms with Crippen LogP contribution < -0.4 is 25.6 Å². The van der Waals surface area contributed by atoms with Crippen LogP contribution in [0.25, 0.3) is 0 Å². The van der Waals surface area contributed by atoms with Crippen LogP contribution in [0.15, 0.2) is 48.5 Å². The monoisotopic (exact) mass is 341 g/mol. The molecule has 3 rings (SSSR count). The number of carbonyl (C=O) groups excluding carboxylic acids is 3. The van der Waals surface area contributed by atoms with Crippen LogP contribution >= 0.6 is 0 Å². The Hall–Kier alpha value is -3.55. The molecule has 128 valence electrons. The third kappa shape index (κ3) is 4.05. The van der Waals surface area contributed by atoms with Gasteiger partial charge in [-0.1, -0.05) is 18.2 Å². The summed E-state index contributed by atoms with van der Waals surface area (Å²) in [7, 11) is 0. The normalized spacial score (nSPS) is 11.5. The number of rotatable bonds is 4. The second-order valence-corrected chi connectivity index (χ2v) is 5.12. The second-order valence-electron chi connectivity index (χ2n) is 5.12. The molecular weight excluding hydrogens is 326 g/mol. The van der Waals surface area contributed by atoms with Gasteiger partial charge in [-0.2, -0.15) is 0 Å². The minimum absolute atomic E-state index is 0.109. The Morgan fingerprint density at radius 3 is 2.40 bits per heavy atom. The molecule has 8 heteroatoms. The summed E-state index contributed by atoms with van der Waals surface area (Å²) in [4.78, 5) is 35.5. The van der Waals surface area contributed by atoms with E-state index in [1.54, 1.807) is 42.5 Å². The van der Waals surface area contributed by atoms with Gasteiger partial charge >= 0.3 is 0 Å². The summed E-state index contributed by atoms with van der Waals surface area (Å²) >= 11 is 0. The van der Waals surface area contributed by atoms with Gasteiger partial charge in [0.05, 0.1) is 6.54 Å². The highest BCUT2D eigenvalue weighted by Crippen LogP contribution is 2.32. The largest absolute Gasteiger partial charge is 0.454 e. The van der Waals surface area contributed by atoms with Crippen molar-refractivity contribution in [1.29, 1.82) is 0 Å². The molecule has 0 aliphatic carbocycles. The van der Waals surface area contributed by atoms with E-state index in [9.17, 15) is 14.4 Å². The quantitative estimate of drug-likeness (QED) is 0.707. The molecule has 0 spiro atoms. The molecule has 2 aromatic rings. The topological polar surface area (TPSA) is 106 Å². The minimum Gasteiger partial charge on any atom is -0.454 e. The number of benzene rings is 2. The molecule has 1 aliphatic heterocycles. The van der Waals surface area contributed by atoms with Gasteiger partial charge in [0.15, 0.2) is 11.5 Å². The first-order valence-corrected chi connectivity index (χ1v) is 7.45. The standard InChI is InChI=1S/C17H15N3O5/c21-15(9-18-16(22)11-4-2-1-3-5-11)19-20-17(23)12-6-7-13-14(8-12)25-10-24-13/h1-8H,9-10H2,(H,18,22)(H,19,21)(H,20,23). The number of hydrogen-bond donors (Lipinski definition) is 3. The van der Waals surface area contributed by atoms with E-state index in [1.807, 2.05) is 0 Å². The fourth-order valence-electron chi connectivity index (χ4n) is 2.13. The maximum atomic E-state index is 12.0. The Balaban J connectivity index is 1.46. The van der Waals surface area contributed by atoms with Gasteiger partial charge in [0.2, 0.25) is 6.79 Å². The number of nitrogens with one attached hydrogen (secondary N) is 3. The number of carbonyl (C=O) groups is 3. The summed E-state index contributed by atoms with van der Waals surface area (Å²) < 4.78 is 10.3. The van der Waals surface area contributed by atoms with E-state index in [1.165, 1.54) is 6.07 Å². The Labute approximate surface area is 143 Å². The zero-order valence-electron chi connectivity index (χ0n) is 13.1. The third-order valence-corrected chi connectivity index (χ3v) is 3.40. The van der Waals surface area contributed by atoms with Crippen molar-refractivity contribution in [3.63, 3.8) is 0 Å². The molecule has 1 aliphatic rings. The number of ether oxygens (including phenoxy) is 2. The van der Waals surface area contributed by atoms with E-state index >= 15 is 0 Å². The lowest BCUT2D eigenvalue weighted by atomic mass is 10.2. The Morgan fingerprint density at radius 2 is 1.60 bits per heavy atom. The van der Waals surface area contributed by atoms with Crippen molar-refractivity contribution < 1.29 is 23.9 Å². The predicted octanol–water partition coefficient (Wildman–Crippen LogP) is 0.606. The summed E-state index contributed by atoms with van der Waals surface area (Å²) in [5, 5.41) is 2.46. The summed E-state index contributed by atoms with van der Waals surface area (Å²) in [5.74, 6) is -0.421. The molecule has 25 heavy (non-hydrogen) atoms. The van der Waals surface area contributed by atoms with Gasteiger partial charge in [-0.3, -0.25) is 25.2 Å². The Morgan fingerprint density at radius 1 is 0.840 bits per heavy atom. The van der Waals surface area contributed by atoms with Crippen molar-refractivity contribution in [1.82, 2.24) is 16.2 Å². The van der Waals surface area contributed by atoms with E-state index in [0.29, 0.717) is 22.6 Å². The van der Waals surface area contributed by atoms with Gasteiger partial charge in [-0.25, -0.2) is 0 Å². The fraction of sp³-hybridized carbons (Fsp3) is 0.118.